The predicted octanol–water partition coefficient (Wildman–Crippen LogP) is 3.32. The summed E-state index contributed by atoms with van der Waals surface area (Å²) < 4.78 is 0. The van der Waals surface area contributed by atoms with E-state index in [2.05, 4.69) is 40.8 Å². The van der Waals surface area contributed by atoms with E-state index in [-0.39, 0.29) is 0 Å². The van der Waals surface area contributed by atoms with Crippen molar-refractivity contribution in [2.45, 2.75) is 52.4 Å². The molecule has 130 valence electrons. The molecule has 2 saturated heterocycles. The molecule has 0 N–H and O–H groups in total. The zero-order valence-electron chi connectivity index (χ0n) is 15.1. The van der Waals surface area contributed by atoms with Gasteiger partial charge in [0, 0.05) is 55.1 Å². The van der Waals surface area contributed by atoms with Crippen molar-refractivity contribution in [1.29, 1.82) is 0 Å². The van der Waals surface area contributed by atoms with Crippen molar-refractivity contribution in [2.24, 2.45) is 11.3 Å². The number of likely N-dealkylation sites (tertiary alicyclic amines) is 1. The van der Waals surface area contributed by atoms with Crippen LogP contribution in [-0.2, 0) is 4.79 Å². The van der Waals surface area contributed by atoms with Crippen LogP contribution in [0.15, 0.2) is 12.1 Å². The Morgan fingerprint density at radius 2 is 1.92 bits per heavy atom. The van der Waals surface area contributed by atoms with E-state index < -0.39 is 0 Å². The molecule has 4 rings (SSSR count). The molecule has 3 heterocycles. The van der Waals surface area contributed by atoms with Gasteiger partial charge in [0.05, 0.1) is 0 Å². The summed E-state index contributed by atoms with van der Waals surface area (Å²) in [4.78, 5) is 21.6. The average molecular weight is 327 g/mol. The molecule has 24 heavy (non-hydrogen) atoms. The average Bonchev–Trinajstić information content (AvgIpc) is 3.35. The molecule has 2 aliphatic heterocycles. The van der Waals surface area contributed by atoms with Crippen molar-refractivity contribution in [1.82, 2.24) is 9.88 Å². The number of rotatable bonds is 3. The summed E-state index contributed by atoms with van der Waals surface area (Å²) in [6.07, 6.45) is 6.94. The maximum Gasteiger partial charge on any atom is 0.222 e. The Balaban J connectivity index is 1.51. The number of amides is 1. The van der Waals surface area contributed by atoms with Gasteiger partial charge in [0.25, 0.3) is 0 Å². The van der Waals surface area contributed by atoms with Gasteiger partial charge in [0.1, 0.15) is 0 Å². The van der Waals surface area contributed by atoms with Gasteiger partial charge in [0.2, 0.25) is 5.91 Å². The second kappa shape index (κ2) is 6.05. The van der Waals surface area contributed by atoms with E-state index in [9.17, 15) is 4.79 Å². The number of aromatic nitrogens is 1. The van der Waals surface area contributed by atoms with Crippen molar-refractivity contribution in [3.8, 4) is 0 Å². The Hall–Kier alpha value is -1.58. The number of hydrogen-bond donors (Lipinski definition) is 0. The minimum absolute atomic E-state index is 0.298. The summed E-state index contributed by atoms with van der Waals surface area (Å²) in [6.45, 7) is 8.35. The lowest BCUT2D eigenvalue weighted by Crippen LogP contribution is -2.54. The van der Waals surface area contributed by atoms with Crippen LogP contribution >= 0.6 is 0 Å². The van der Waals surface area contributed by atoms with Gasteiger partial charge in [-0.15, -0.1) is 0 Å². The van der Waals surface area contributed by atoms with Gasteiger partial charge in [-0.3, -0.25) is 9.78 Å². The van der Waals surface area contributed by atoms with Crippen molar-refractivity contribution < 1.29 is 4.79 Å². The van der Waals surface area contributed by atoms with Gasteiger partial charge >= 0.3 is 0 Å². The Labute approximate surface area is 145 Å². The molecule has 0 radical (unpaired) electrons. The van der Waals surface area contributed by atoms with Crippen molar-refractivity contribution in [2.75, 3.05) is 31.1 Å². The molecule has 1 aromatic heterocycles. The summed E-state index contributed by atoms with van der Waals surface area (Å²) in [5.41, 5.74) is 3.80. The molecule has 3 aliphatic rings. The fourth-order valence-corrected chi connectivity index (χ4v) is 4.64. The fourth-order valence-electron chi connectivity index (χ4n) is 4.64. The Bertz CT molecular complexity index is 620. The minimum Gasteiger partial charge on any atom is -0.371 e. The molecule has 3 fully saturated rings. The number of carbonyl (C=O) groups excluding carboxylic acids is 1. The molecule has 1 saturated carbocycles. The first kappa shape index (κ1) is 15.9. The minimum atomic E-state index is 0.298. The second-order valence-corrected chi connectivity index (χ2v) is 8.35. The normalized spacial score (nSPS) is 27.8. The van der Waals surface area contributed by atoms with Gasteiger partial charge in [-0.2, -0.15) is 0 Å². The molecule has 1 aromatic rings. The molecule has 0 bridgehead atoms. The van der Waals surface area contributed by atoms with Gasteiger partial charge in [-0.1, -0.05) is 0 Å². The van der Waals surface area contributed by atoms with Crippen LogP contribution in [-0.4, -0.2) is 42.0 Å². The summed E-state index contributed by atoms with van der Waals surface area (Å²) >= 11 is 0. The number of hydrogen-bond acceptors (Lipinski definition) is 3. The third-order valence-electron chi connectivity index (χ3n) is 6.02. The van der Waals surface area contributed by atoms with E-state index in [0.29, 0.717) is 11.3 Å². The summed E-state index contributed by atoms with van der Waals surface area (Å²) in [5, 5.41) is 0. The predicted molar refractivity (Wildman–Crippen MR) is 96.1 cm³/mol. The lowest BCUT2D eigenvalue weighted by atomic mass is 9.73. The molecule has 1 atom stereocenters. The van der Waals surface area contributed by atoms with E-state index in [1.807, 2.05) is 0 Å². The van der Waals surface area contributed by atoms with Crippen LogP contribution in [0.25, 0.3) is 0 Å². The Morgan fingerprint density at radius 3 is 2.62 bits per heavy atom. The molecular weight excluding hydrogens is 298 g/mol. The van der Waals surface area contributed by atoms with Crippen LogP contribution in [0, 0.1) is 25.2 Å². The first-order chi connectivity index (χ1) is 11.5. The number of pyridine rings is 1. The van der Waals surface area contributed by atoms with Crippen molar-refractivity contribution >= 4 is 11.6 Å². The van der Waals surface area contributed by atoms with Gasteiger partial charge in [-0.05, 0) is 64.0 Å². The van der Waals surface area contributed by atoms with Crippen molar-refractivity contribution in [3.05, 3.63) is 23.5 Å². The molecule has 1 amide bonds. The molecule has 0 aromatic carbocycles. The van der Waals surface area contributed by atoms with Crippen molar-refractivity contribution in [3.63, 3.8) is 0 Å². The molecule has 4 heteroatoms. The first-order valence-electron chi connectivity index (χ1n) is 9.51. The number of aryl methyl sites for hydroxylation is 2. The van der Waals surface area contributed by atoms with Crippen LogP contribution < -0.4 is 4.90 Å². The zero-order valence-corrected chi connectivity index (χ0v) is 15.1. The molecular formula is C20H29N3O. The Kier molecular flexibility index (Phi) is 4.01. The summed E-state index contributed by atoms with van der Waals surface area (Å²) in [7, 11) is 0. The highest BCUT2D eigenvalue weighted by Crippen LogP contribution is 2.41. The highest BCUT2D eigenvalue weighted by molar-refractivity contribution is 5.77. The SMILES string of the molecule is Cc1cc(N2CCCC3(CCC(=O)N(CC4CC4)C3)C2)cc(C)n1. The third-order valence-corrected chi connectivity index (χ3v) is 6.02. The summed E-state index contributed by atoms with van der Waals surface area (Å²) in [5.74, 6) is 1.18. The highest BCUT2D eigenvalue weighted by atomic mass is 16.2. The highest BCUT2D eigenvalue weighted by Gasteiger charge is 2.42. The van der Waals surface area contributed by atoms with E-state index in [1.54, 1.807) is 0 Å². The quantitative estimate of drug-likeness (QED) is 0.854. The second-order valence-electron chi connectivity index (χ2n) is 8.35. The van der Waals surface area contributed by atoms with Crippen LogP contribution in [0.4, 0.5) is 5.69 Å². The molecule has 1 unspecified atom stereocenters. The molecule has 1 spiro atoms. The van der Waals surface area contributed by atoms with E-state index >= 15 is 0 Å². The maximum absolute atomic E-state index is 12.3. The molecule has 4 nitrogen and oxygen atoms in total. The molecule has 1 aliphatic carbocycles. The monoisotopic (exact) mass is 327 g/mol. The fraction of sp³-hybridized carbons (Fsp3) is 0.700. The number of piperidine rings is 2. The van der Waals surface area contributed by atoms with Gasteiger partial charge in [0.15, 0.2) is 0 Å². The lowest BCUT2D eigenvalue weighted by molar-refractivity contribution is -0.138. The number of nitrogens with zero attached hydrogens (tertiary/aromatic N) is 3. The van der Waals surface area contributed by atoms with E-state index in [0.717, 1.165) is 56.3 Å². The van der Waals surface area contributed by atoms with Gasteiger partial charge in [-0.25, -0.2) is 0 Å². The van der Waals surface area contributed by atoms with Crippen LogP contribution in [0.1, 0.15) is 49.9 Å². The van der Waals surface area contributed by atoms with E-state index in [4.69, 9.17) is 0 Å². The third kappa shape index (κ3) is 3.28. The lowest BCUT2D eigenvalue weighted by Gasteiger charge is -2.49. The van der Waals surface area contributed by atoms with Crippen LogP contribution in [0.5, 0.6) is 0 Å². The van der Waals surface area contributed by atoms with Gasteiger partial charge < -0.3 is 9.80 Å². The first-order valence-corrected chi connectivity index (χ1v) is 9.51. The summed E-state index contributed by atoms with van der Waals surface area (Å²) in [6, 6.07) is 4.42. The standard InChI is InChI=1S/C20H29N3O/c1-15-10-18(11-16(2)21-15)22-9-3-7-20(13-22)8-6-19(24)23(14-20)12-17-4-5-17/h10-11,17H,3-9,12-14H2,1-2H3. The zero-order chi connectivity index (χ0) is 16.7. The van der Waals surface area contributed by atoms with E-state index in [1.165, 1.54) is 31.4 Å². The van der Waals surface area contributed by atoms with Crippen LogP contribution in [0.3, 0.4) is 0 Å². The van der Waals surface area contributed by atoms with Crippen LogP contribution in [0.2, 0.25) is 0 Å². The topological polar surface area (TPSA) is 36.4 Å². The number of carbonyl (C=O) groups is 1. The maximum atomic E-state index is 12.3. The largest absolute Gasteiger partial charge is 0.371 e. The Morgan fingerprint density at radius 1 is 1.17 bits per heavy atom. The smallest absolute Gasteiger partial charge is 0.222 e. The number of anilines is 1.